The number of imidazole rings is 1. The van der Waals surface area contributed by atoms with Gasteiger partial charge in [-0.1, -0.05) is 59.7 Å². The predicted octanol–water partition coefficient (Wildman–Crippen LogP) is 4.55. The van der Waals surface area contributed by atoms with Crippen molar-refractivity contribution in [1.29, 1.82) is 0 Å². The number of aliphatic hydroxyl groups is 1. The Kier molecular flexibility index (Phi) is 8.63. The second-order valence-corrected chi connectivity index (χ2v) is 16.4. The number of carbonyl (C=O) groups excluding carboxylic acids is 1. The molecule has 206 valence electrons. The number of aliphatic hydroxyl groups excluding tert-OH is 1. The van der Waals surface area contributed by atoms with Crippen molar-refractivity contribution in [2.75, 3.05) is 31.7 Å². The van der Waals surface area contributed by atoms with E-state index in [1.54, 1.807) is 35.2 Å². The third kappa shape index (κ3) is 5.39. The van der Waals surface area contributed by atoms with E-state index in [9.17, 15) is 9.90 Å². The van der Waals surface area contributed by atoms with Gasteiger partial charge in [0.2, 0.25) is 0 Å². The van der Waals surface area contributed by atoms with Crippen molar-refractivity contribution in [1.82, 2.24) is 19.5 Å². The number of nitrogens with zero attached hydrogens (tertiary/aromatic N) is 4. The minimum Gasteiger partial charge on any atom is -0.413 e. The average molecular weight is 542 g/mol. The largest absolute Gasteiger partial charge is 0.413 e. The molecule has 10 nitrogen and oxygen atoms in total. The Morgan fingerprint density at radius 3 is 2.45 bits per heavy atom. The molecule has 3 heterocycles. The van der Waals surface area contributed by atoms with E-state index in [1.807, 2.05) is 6.07 Å². The minimum absolute atomic E-state index is 0.221. The van der Waals surface area contributed by atoms with Crippen molar-refractivity contribution in [3.8, 4) is 0 Å². The number of anilines is 1. The third-order valence-corrected chi connectivity index (χ3v) is 13.6. The fraction of sp³-hybridized carbons (Fsp3) is 0.556. The van der Waals surface area contributed by atoms with Gasteiger partial charge in [-0.25, -0.2) is 15.0 Å². The van der Waals surface area contributed by atoms with Crippen LogP contribution >= 0.6 is 0 Å². The summed E-state index contributed by atoms with van der Waals surface area (Å²) in [6.45, 7) is 13.8. The van der Waals surface area contributed by atoms with E-state index in [2.05, 4.69) is 61.8 Å². The first-order valence-electron chi connectivity index (χ1n) is 13.2. The van der Waals surface area contributed by atoms with Crippen LogP contribution in [-0.4, -0.2) is 70.9 Å². The molecule has 1 aliphatic heterocycles. The molecule has 2 atom stereocenters. The molecule has 0 bridgehead atoms. The number of fused-ring (bicyclic) bond motifs is 1. The maximum absolute atomic E-state index is 12.7. The van der Waals surface area contributed by atoms with Crippen LogP contribution in [0.15, 0.2) is 43.0 Å². The summed E-state index contributed by atoms with van der Waals surface area (Å²) in [6.07, 6.45) is 2.38. The van der Waals surface area contributed by atoms with Crippen molar-refractivity contribution >= 4 is 31.2 Å². The van der Waals surface area contributed by atoms with E-state index in [0.717, 1.165) is 0 Å². The zero-order chi connectivity index (χ0) is 27.5. The van der Waals surface area contributed by atoms with Crippen LogP contribution < -0.4 is 5.32 Å². The molecule has 4 rings (SSSR count). The van der Waals surface area contributed by atoms with E-state index in [4.69, 9.17) is 13.9 Å². The highest BCUT2D eigenvalue weighted by Gasteiger charge is 2.48. The number of benzene rings is 1. The molecule has 1 aliphatic rings. The highest BCUT2D eigenvalue weighted by atomic mass is 28.4. The van der Waals surface area contributed by atoms with E-state index in [0.29, 0.717) is 39.2 Å². The lowest BCUT2D eigenvalue weighted by Crippen LogP contribution is -2.56. The van der Waals surface area contributed by atoms with Crippen molar-refractivity contribution in [2.45, 2.75) is 70.0 Å². The molecule has 1 amide bonds. The average Bonchev–Trinajstić information content (AvgIpc) is 3.34. The molecule has 3 aromatic rings. The molecule has 1 saturated heterocycles. The first kappa shape index (κ1) is 28.3. The Hall–Kier alpha value is -2.70. The highest BCUT2D eigenvalue weighted by molar-refractivity contribution is 6.77. The summed E-state index contributed by atoms with van der Waals surface area (Å²) in [4.78, 5) is 25.8. The van der Waals surface area contributed by atoms with E-state index >= 15 is 0 Å². The molecule has 0 unspecified atom stereocenters. The first-order chi connectivity index (χ1) is 18.1. The standard InChI is InChI=1S/C27H39N5O5Si/c1-18(2)38(19(3)4,20(5)6)36-15-27(13-33)14-35-12-22(37-27)32-17-30-23-24(28-16-29-25(23)32)31-26(34)21-10-8-7-9-11-21/h7-11,16-20,22,33H,12-15H2,1-6H3,(H,28,29,31,34)/t22-,27-/m1/s1. The van der Waals surface area contributed by atoms with Crippen LogP contribution in [0.5, 0.6) is 0 Å². The Morgan fingerprint density at radius 1 is 1.13 bits per heavy atom. The van der Waals surface area contributed by atoms with Gasteiger partial charge in [-0.15, -0.1) is 0 Å². The number of ether oxygens (including phenoxy) is 2. The minimum atomic E-state index is -2.18. The molecule has 2 aromatic heterocycles. The van der Waals surface area contributed by atoms with Crippen LogP contribution in [0.25, 0.3) is 11.2 Å². The molecule has 11 heteroatoms. The molecule has 0 aliphatic carbocycles. The summed E-state index contributed by atoms with van der Waals surface area (Å²) in [7, 11) is -2.18. The Morgan fingerprint density at radius 2 is 1.82 bits per heavy atom. The lowest BCUT2D eigenvalue weighted by molar-refractivity contribution is -0.246. The second kappa shape index (κ2) is 11.6. The zero-order valence-corrected chi connectivity index (χ0v) is 24.0. The summed E-state index contributed by atoms with van der Waals surface area (Å²) < 4.78 is 21.0. The smallest absolute Gasteiger partial charge is 0.256 e. The van der Waals surface area contributed by atoms with Crippen molar-refractivity contribution in [3.63, 3.8) is 0 Å². The molecule has 1 aromatic carbocycles. The number of amides is 1. The number of carbonyl (C=O) groups is 1. The SMILES string of the molecule is CC(C)[Si](OC[C@@]1(CO)COC[C@H](n2cnc3c(NC(=O)c4ccccc4)ncnc32)O1)(C(C)C)C(C)C. The highest BCUT2D eigenvalue weighted by Crippen LogP contribution is 2.43. The molecular weight excluding hydrogens is 502 g/mol. The number of aromatic nitrogens is 4. The fourth-order valence-corrected chi connectivity index (χ4v) is 11.2. The summed E-state index contributed by atoms with van der Waals surface area (Å²) in [5.41, 5.74) is 1.62. The van der Waals surface area contributed by atoms with Gasteiger partial charge in [-0.05, 0) is 28.8 Å². The van der Waals surface area contributed by atoms with E-state index in [-0.39, 0.29) is 32.3 Å². The summed E-state index contributed by atoms with van der Waals surface area (Å²) >= 11 is 0. The van der Waals surface area contributed by atoms with Crippen LogP contribution in [0.4, 0.5) is 5.82 Å². The Labute approximate surface area is 224 Å². The number of hydrogen-bond acceptors (Lipinski definition) is 8. The molecule has 1 fully saturated rings. The molecule has 0 saturated carbocycles. The van der Waals surface area contributed by atoms with Crippen molar-refractivity contribution in [3.05, 3.63) is 48.5 Å². The van der Waals surface area contributed by atoms with Crippen LogP contribution in [-0.2, 0) is 13.9 Å². The zero-order valence-electron chi connectivity index (χ0n) is 23.0. The van der Waals surface area contributed by atoms with Crippen LogP contribution in [0, 0.1) is 0 Å². The third-order valence-electron chi connectivity index (χ3n) is 7.53. The lowest BCUT2D eigenvalue weighted by Gasteiger charge is -2.46. The summed E-state index contributed by atoms with van der Waals surface area (Å²) in [5, 5.41) is 13.3. The number of nitrogens with one attached hydrogen (secondary N) is 1. The van der Waals surface area contributed by atoms with E-state index in [1.165, 1.54) is 6.33 Å². The van der Waals surface area contributed by atoms with Crippen LogP contribution in [0.1, 0.15) is 58.1 Å². The molecule has 0 radical (unpaired) electrons. The van der Waals surface area contributed by atoms with Crippen LogP contribution in [0.2, 0.25) is 16.6 Å². The molecule has 0 spiro atoms. The normalized spacial score (nSPS) is 20.5. The van der Waals surface area contributed by atoms with Gasteiger partial charge in [0.05, 0.1) is 32.8 Å². The number of rotatable bonds is 10. The van der Waals surface area contributed by atoms with Gasteiger partial charge in [0.25, 0.3) is 5.91 Å². The first-order valence-corrected chi connectivity index (χ1v) is 15.3. The van der Waals surface area contributed by atoms with Crippen LogP contribution in [0.3, 0.4) is 0 Å². The quantitative estimate of drug-likeness (QED) is 0.359. The lowest BCUT2D eigenvalue weighted by atomic mass is 10.1. The molecule has 2 N–H and O–H groups in total. The monoisotopic (exact) mass is 541 g/mol. The van der Waals surface area contributed by atoms with Gasteiger partial charge >= 0.3 is 0 Å². The van der Waals surface area contributed by atoms with Crippen molar-refractivity contribution in [2.24, 2.45) is 0 Å². The van der Waals surface area contributed by atoms with Gasteiger partial charge < -0.3 is 24.3 Å². The number of hydrogen-bond donors (Lipinski definition) is 2. The maximum Gasteiger partial charge on any atom is 0.256 e. The second-order valence-electron chi connectivity index (χ2n) is 10.9. The summed E-state index contributed by atoms with van der Waals surface area (Å²) in [5.74, 6) is 0.0135. The van der Waals surface area contributed by atoms with E-state index < -0.39 is 20.1 Å². The maximum atomic E-state index is 12.7. The fourth-order valence-electron chi connectivity index (χ4n) is 5.72. The molecule has 38 heavy (non-hydrogen) atoms. The van der Waals surface area contributed by atoms with Gasteiger partial charge in [0.15, 0.2) is 31.5 Å². The van der Waals surface area contributed by atoms with Gasteiger partial charge in [-0.3, -0.25) is 9.36 Å². The van der Waals surface area contributed by atoms with Gasteiger partial charge in [0.1, 0.15) is 11.9 Å². The molecular formula is C27H39N5O5Si. The van der Waals surface area contributed by atoms with Crippen molar-refractivity contribution < 1.29 is 23.8 Å². The Bertz CT molecular complexity index is 1210. The van der Waals surface area contributed by atoms with Gasteiger partial charge in [-0.2, -0.15) is 0 Å². The topological polar surface area (TPSA) is 121 Å². The van der Waals surface area contributed by atoms with Gasteiger partial charge in [0, 0.05) is 5.56 Å². The predicted molar refractivity (Wildman–Crippen MR) is 147 cm³/mol. The summed E-state index contributed by atoms with van der Waals surface area (Å²) in [6, 6.07) is 8.90. The Balaban J connectivity index is 1.57.